The van der Waals surface area contributed by atoms with Crippen molar-refractivity contribution in [3.63, 3.8) is 0 Å². The molecule has 11 heteroatoms. The van der Waals surface area contributed by atoms with Gasteiger partial charge in [0.15, 0.2) is 18.1 Å². The summed E-state index contributed by atoms with van der Waals surface area (Å²) in [4.78, 5) is 24.2. The molecule has 9 nitrogen and oxygen atoms in total. The zero-order valence-corrected chi connectivity index (χ0v) is 19.9. The molecule has 1 aliphatic rings. The zero-order chi connectivity index (χ0) is 24.8. The van der Waals surface area contributed by atoms with Gasteiger partial charge in [-0.25, -0.2) is 13.2 Å². The Hall–Kier alpha value is -3.76. The molecule has 1 heterocycles. The molecule has 2 N–H and O–H groups in total. The van der Waals surface area contributed by atoms with Crippen LogP contribution in [0.3, 0.4) is 0 Å². The molecule has 0 radical (unpaired) electrons. The first kappa shape index (κ1) is 24.4. The first-order valence-corrected chi connectivity index (χ1v) is 12.4. The Labute approximate surface area is 207 Å². The van der Waals surface area contributed by atoms with Crippen LogP contribution in [0.2, 0.25) is 5.02 Å². The van der Waals surface area contributed by atoms with E-state index in [1.165, 1.54) is 42.5 Å². The number of sulfonamides is 1. The molecule has 3 aromatic carbocycles. The fourth-order valence-electron chi connectivity index (χ4n) is 3.15. The molecule has 1 amide bonds. The zero-order valence-electron chi connectivity index (χ0n) is 18.3. The summed E-state index contributed by atoms with van der Waals surface area (Å²) in [7, 11) is -3.90. The van der Waals surface area contributed by atoms with Gasteiger partial charge in [0.25, 0.3) is 15.9 Å². The van der Waals surface area contributed by atoms with Crippen molar-refractivity contribution in [1.82, 2.24) is 5.32 Å². The van der Waals surface area contributed by atoms with E-state index in [1.54, 1.807) is 24.3 Å². The van der Waals surface area contributed by atoms with Crippen LogP contribution in [-0.4, -0.2) is 40.1 Å². The average molecular weight is 517 g/mol. The number of hydrogen-bond donors (Lipinski definition) is 2. The molecule has 0 bridgehead atoms. The van der Waals surface area contributed by atoms with Gasteiger partial charge in [-0.3, -0.25) is 9.52 Å². The van der Waals surface area contributed by atoms with Crippen LogP contribution in [0.4, 0.5) is 5.69 Å². The van der Waals surface area contributed by atoms with Gasteiger partial charge >= 0.3 is 5.97 Å². The molecule has 1 aliphatic heterocycles. The van der Waals surface area contributed by atoms with Crippen LogP contribution in [-0.2, 0) is 26.1 Å². The van der Waals surface area contributed by atoms with E-state index in [1.807, 2.05) is 0 Å². The molecule has 0 saturated heterocycles. The summed E-state index contributed by atoms with van der Waals surface area (Å²) in [6.45, 7) is 0.558. The smallest absolute Gasteiger partial charge is 0.338 e. The fraction of sp³-hybridized carbons (Fsp3) is 0.167. The Kier molecular flexibility index (Phi) is 7.42. The standard InChI is InChI=1S/C24H21ClN2O7S/c25-18-5-1-16(2-6-18)14-26-23(28)15-34-24(29)17-3-7-19(8-4-17)27-35(30,31)20-9-10-21-22(13-20)33-12-11-32-21/h1-10,13,27H,11-12,14-15H2,(H,26,28). The van der Waals surface area contributed by atoms with E-state index in [0.29, 0.717) is 29.7 Å². The van der Waals surface area contributed by atoms with E-state index in [4.69, 9.17) is 25.8 Å². The van der Waals surface area contributed by atoms with Crippen molar-refractivity contribution in [3.8, 4) is 11.5 Å². The molecular weight excluding hydrogens is 496 g/mol. The molecule has 0 fully saturated rings. The number of carbonyl (C=O) groups excluding carboxylic acids is 2. The molecular formula is C24H21ClN2O7S. The minimum absolute atomic E-state index is 0.00912. The number of nitrogens with one attached hydrogen (secondary N) is 2. The molecule has 0 atom stereocenters. The third-order valence-corrected chi connectivity index (χ3v) is 6.56. The lowest BCUT2D eigenvalue weighted by molar-refractivity contribution is -0.124. The SMILES string of the molecule is O=C(COC(=O)c1ccc(NS(=O)(=O)c2ccc3c(c2)OCCO3)cc1)NCc1ccc(Cl)cc1. The third-order valence-electron chi connectivity index (χ3n) is 4.93. The molecule has 0 aliphatic carbocycles. The number of anilines is 1. The predicted octanol–water partition coefficient (Wildman–Crippen LogP) is 3.39. The molecule has 0 saturated carbocycles. The Morgan fingerprint density at radius 1 is 0.914 bits per heavy atom. The van der Waals surface area contributed by atoms with E-state index in [9.17, 15) is 18.0 Å². The molecule has 3 aromatic rings. The second-order valence-electron chi connectivity index (χ2n) is 7.47. The lowest BCUT2D eigenvalue weighted by Crippen LogP contribution is -2.28. The maximum atomic E-state index is 12.7. The van der Waals surface area contributed by atoms with E-state index in [2.05, 4.69) is 10.0 Å². The Bertz CT molecular complexity index is 1330. The van der Waals surface area contributed by atoms with E-state index < -0.39 is 28.5 Å². The van der Waals surface area contributed by atoms with E-state index in [0.717, 1.165) is 5.56 Å². The molecule has 4 rings (SSSR count). The molecule has 35 heavy (non-hydrogen) atoms. The summed E-state index contributed by atoms with van der Waals surface area (Å²) < 4.78 is 43.7. The average Bonchev–Trinajstić information content (AvgIpc) is 2.87. The summed E-state index contributed by atoms with van der Waals surface area (Å²) in [5, 5.41) is 3.24. The van der Waals surface area contributed by atoms with Gasteiger partial charge in [0.1, 0.15) is 13.2 Å². The first-order valence-electron chi connectivity index (χ1n) is 10.5. The van der Waals surface area contributed by atoms with Gasteiger partial charge < -0.3 is 19.5 Å². The van der Waals surface area contributed by atoms with Crippen molar-refractivity contribution in [2.75, 3.05) is 24.5 Å². The van der Waals surface area contributed by atoms with Crippen molar-refractivity contribution in [3.05, 3.63) is 82.9 Å². The molecule has 0 aromatic heterocycles. The highest BCUT2D eigenvalue weighted by Crippen LogP contribution is 2.32. The first-order chi connectivity index (χ1) is 16.8. The van der Waals surface area contributed by atoms with Gasteiger partial charge in [-0.1, -0.05) is 23.7 Å². The van der Waals surface area contributed by atoms with Crippen LogP contribution in [0.1, 0.15) is 15.9 Å². The monoisotopic (exact) mass is 516 g/mol. The number of benzene rings is 3. The van der Waals surface area contributed by atoms with Gasteiger partial charge in [-0.2, -0.15) is 0 Å². The van der Waals surface area contributed by atoms with E-state index in [-0.39, 0.29) is 22.7 Å². The highest BCUT2D eigenvalue weighted by molar-refractivity contribution is 7.92. The van der Waals surface area contributed by atoms with Gasteiger partial charge in [0.05, 0.1) is 10.5 Å². The van der Waals surface area contributed by atoms with Gasteiger partial charge in [0, 0.05) is 23.3 Å². The summed E-state index contributed by atoms with van der Waals surface area (Å²) in [6.07, 6.45) is 0. The van der Waals surface area contributed by atoms with Crippen LogP contribution < -0.4 is 19.5 Å². The maximum Gasteiger partial charge on any atom is 0.338 e. The Morgan fingerprint density at radius 3 is 2.31 bits per heavy atom. The molecule has 0 spiro atoms. The number of halogens is 1. The molecule has 182 valence electrons. The Morgan fingerprint density at radius 2 is 1.60 bits per heavy atom. The summed E-state index contributed by atoms with van der Waals surface area (Å²) in [6, 6.07) is 17.0. The van der Waals surface area contributed by atoms with Gasteiger partial charge in [0.2, 0.25) is 0 Å². The van der Waals surface area contributed by atoms with Gasteiger partial charge in [-0.15, -0.1) is 0 Å². The van der Waals surface area contributed by atoms with Crippen LogP contribution in [0.25, 0.3) is 0 Å². The highest BCUT2D eigenvalue weighted by Gasteiger charge is 2.20. The second kappa shape index (κ2) is 10.7. The Balaban J connectivity index is 1.29. The van der Waals surface area contributed by atoms with Crippen molar-refractivity contribution in [1.29, 1.82) is 0 Å². The summed E-state index contributed by atoms with van der Waals surface area (Å²) >= 11 is 5.82. The quantitative estimate of drug-likeness (QED) is 0.440. The topological polar surface area (TPSA) is 120 Å². The number of ether oxygens (including phenoxy) is 3. The largest absolute Gasteiger partial charge is 0.486 e. The lowest BCUT2D eigenvalue weighted by atomic mass is 10.2. The van der Waals surface area contributed by atoms with Gasteiger partial charge in [-0.05, 0) is 54.1 Å². The lowest BCUT2D eigenvalue weighted by Gasteiger charge is -2.19. The van der Waals surface area contributed by atoms with Crippen molar-refractivity contribution >= 4 is 39.2 Å². The minimum atomic E-state index is -3.90. The van der Waals surface area contributed by atoms with Crippen LogP contribution >= 0.6 is 11.6 Å². The normalized spacial score (nSPS) is 12.5. The number of amides is 1. The highest BCUT2D eigenvalue weighted by atomic mass is 35.5. The third kappa shape index (κ3) is 6.43. The summed E-state index contributed by atoms with van der Waals surface area (Å²) in [5.41, 5.74) is 1.26. The second-order valence-corrected chi connectivity index (χ2v) is 9.59. The number of fused-ring (bicyclic) bond motifs is 1. The van der Waals surface area contributed by atoms with Crippen molar-refractivity contribution in [2.45, 2.75) is 11.4 Å². The number of carbonyl (C=O) groups is 2. The summed E-state index contributed by atoms with van der Waals surface area (Å²) in [5.74, 6) is -0.337. The fourth-order valence-corrected chi connectivity index (χ4v) is 4.35. The van der Waals surface area contributed by atoms with Crippen molar-refractivity contribution in [2.24, 2.45) is 0 Å². The number of hydrogen-bond acceptors (Lipinski definition) is 7. The van der Waals surface area contributed by atoms with Crippen molar-refractivity contribution < 1.29 is 32.2 Å². The van der Waals surface area contributed by atoms with Crippen LogP contribution in [0.15, 0.2) is 71.6 Å². The molecule has 0 unspecified atom stereocenters. The maximum absolute atomic E-state index is 12.7. The number of rotatable bonds is 8. The van der Waals surface area contributed by atoms with E-state index >= 15 is 0 Å². The predicted molar refractivity (Wildman–Crippen MR) is 128 cm³/mol. The number of esters is 1. The van der Waals surface area contributed by atoms with Crippen LogP contribution in [0, 0.1) is 0 Å². The van der Waals surface area contributed by atoms with Crippen LogP contribution in [0.5, 0.6) is 11.5 Å². The minimum Gasteiger partial charge on any atom is -0.486 e.